The molecule has 0 atom stereocenters. The average Bonchev–Trinajstić information content (AvgIpc) is 2.13. The molecule has 1 aliphatic rings. The lowest BCUT2D eigenvalue weighted by atomic mass is 10.0. The van der Waals surface area contributed by atoms with Crippen molar-refractivity contribution in [2.45, 2.75) is 6.54 Å². The Hall–Kier alpha value is -0.930. The summed E-state index contributed by atoms with van der Waals surface area (Å²) in [5, 5.41) is 3.29. The first kappa shape index (κ1) is 9.62. The summed E-state index contributed by atoms with van der Waals surface area (Å²) in [6, 6.07) is 6.08. The van der Waals surface area contributed by atoms with Gasteiger partial charge in [0.25, 0.3) is 0 Å². The van der Waals surface area contributed by atoms with Gasteiger partial charge in [0.15, 0.2) is 0 Å². The lowest BCUT2D eigenvalue weighted by molar-refractivity contribution is 0.217. The number of hydrogen-bond acceptors (Lipinski definition) is 3. The van der Waals surface area contributed by atoms with Gasteiger partial charge in [0, 0.05) is 32.4 Å². The molecule has 0 saturated carbocycles. The molecule has 0 aromatic carbocycles. The molecule has 0 unspecified atom stereocenters. The summed E-state index contributed by atoms with van der Waals surface area (Å²) >= 11 is 0. The fourth-order valence-electron chi connectivity index (χ4n) is 1.75. The second-order valence-electron chi connectivity index (χ2n) is 4.04. The van der Waals surface area contributed by atoms with E-state index in [-0.39, 0.29) is 0 Å². The second-order valence-corrected chi connectivity index (χ2v) is 4.04. The number of rotatable bonds is 4. The molecule has 0 bridgehead atoms. The van der Waals surface area contributed by atoms with Gasteiger partial charge in [-0.15, -0.1) is 0 Å². The predicted octanol–water partition coefficient (Wildman–Crippen LogP) is 0.733. The van der Waals surface area contributed by atoms with Crippen LogP contribution in [0, 0.1) is 5.92 Å². The van der Waals surface area contributed by atoms with Crippen molar-refractivity contribution in [3.8, 4) is 0 Å². The van der Waals surface area contributed by atoms with Crippen molar-refractivity contribution in [2.75, 3.05) is 26.7 Å². The van der Waals surface area contributed by atoms with Crippen molar-refractivity contribution in [3.05, 3.63) is 30.1 Å². The van der Waals surface area contributed by atoms with E-state index in [1.165, 1.54) is 19.6 Å². The molecular formula is C11H17N3. The SMILES string of the molecule is CN(Cc1ccccn1)CC1CNC1. The van der Waals surface area contributed by atoms with Crippen LogP contribution in [0.5, 0.6) is 0 Å². The average molecular weight is 191 g/mol. The number of nitrogens with zero attached hydrogens (tertiary/aromatic N) is 2. The Morgan fingerprint density at radius 1 is 1.50 bits per heavy atom. The molecule has 76 valence electrons. The Morgan fingerprint density at radius 2 is 2.36 bits per heavy atom. The Balaban J connectivity index is 1.79. The highest BCUT2D eigenvalue weighted by Gasteiger charge is 2.18. The molecule has 1 aliphatic heterocycles. The van der Waals surface area contributed by atoms with E-state index >= 15 is 0 Å². The largest absolute Gasteiger partial charge is 0.316 e. The lowest BCUT2D eigenvalue weighted by Crippen LogP contribution is -2.47. The van der Waals surface area contributed by atoms with Crippen LogP contribution in [-0.4, -0.2) is 36.6 Å². The molecule has 1 aromatic heterocycles. The van der Waals surface area contributed by atoms with Crippen molar-refractivity contribution in [3.63, 3.8) is 0 Å². The Kier molecular flexibility index (Phi) is 3.11. The fraction of sp³-hybridized carbons (Fsp3) is 0.545. The first-order chi connectivity index (χ1) is 6.84. The molecule has 1 fully saturated rings. The Labute approximate surface area is 85.1 Å². The van der Waals surface area contributed by atoms with E-state index in [1.54, 1.807) is 0 Å². The topological polar surface area (TPSA) is 28.2 Å². The molecule has 2 rings (SSSR count). The van der Waals surface area contributed by atoms with Crippen LogP contribution in [0.3, 0.4) is 0 Å². The molecule has 3 nitrogen and oxygen atoms in total. The second kappa shape index (κ2) is 4.53. The van der Waals surface area contributed by atoms with Crippen LogP contribution < -0.4 is 5.32 Å². The highest BCUT2D eigenvalue weighted by Crippen LogP contribution is 2.06. The van der Waals surface area contributed by atoms with Gasteiger partial charge >= 0.3 is 0 Å². The Morgan fingerprint density at radius 3 is 2.93 bits per heavy atom. The van der Waals surface area contributed by atoms with Crippen molar-refractivity contribution in [1.82, 2.24) is 15.2 Å². The van der Waals surface area contributed by atoms with Crippen molar-refractivity contribution in [1.29, 1.82) is 0 Å². The normalized spacial score (nSPS) is 17.0. The Bertz CT molecular complexity index is 269. The van der Waals surface area contributed by atoms with Gasteiger partial charge in [-0.05, 0) is 25.1 Å². The first-order valence-electron chi connectivity index (χ1n) is 5.14. The summed E-state index contributed by atoms with van der Waals surface area (Å²) in [5.74, 6) is 0.837. The summed E-state index contributed by atoms with van der Waals surface area (Å²) in [5.41, 5.74) is 1.15. The van der Waals surface area contributed by atoms with Gasteiger partial charge in [-0.3, -0.25) is 4.98 Å². The van der Waals surface area contributed by atoms with E-state index in [1.807, 2.05) is 18.3 Å². The van der Waals surface area contributed by atoms with Gasteiger partial charge in [-0.1, -0.05) is 6.07 Å². The summed E-state index contributed by atoms with van der Waals surface area (Å²) in [6.45, 7) is 4.47. The lowest BCUT2D eigenvalue weighted by Gasteiger charge is -2.31. The van der Waals surface area contributed by atoms with Crippen LogP contribution in [0.4, 0.5) is 0 Å². The van der Waals surface area contributed by atoms with Crippen LogP contribution in [0.2, 0.25) is 0 Å². The molecule has 1 N–H and O–H groups in total. The summed E-state index contributed by atoms with van der Waals surface area (Å²) < 4.78 is 0. The molecule has 0 spiro atoms. The van der Waals surface area contributed by atoms with Gasteiger partial charge in [-0.2, -0.15) is 0 Å². The maximum Gasteiger partial charge on any atom is 0.0543 e. The monoisotopic (exact) mass is 191 g/mol. The van der Waals surface area contributed by atoms with Crippen LogP contribution >= 0.6 is 0 Å². The zero-order chi connectivity index (χ0) is 9.80. The zero-order valence-electron chi connectivity index (χ0n) is 8.61. The van der Waals surface area contributed by atoms with Crippen LogP contribution in [0.1, 0.15) is 5.69 Å². The van der Waals surface area contributed by atoms with Gasteiger partial charge in [-0.25, -0.2) is 0 Å². The molecule has 0 amide bonds. The van der Waals surface area contributed by atoms with Gasteiger partial charge < -0.3 is 10.2 Å². The van der Waals surface area contributed by atoms with Gasteiger partial charge in [0.2, 0.25) is 0 Å². The van der Waals surface area contributed by atoms with E-state index < -0.39 is 0 Å². The number of hydrogen-bond donors (Lipinski definition) is 1. The van der Waals surface area contributed by atoms with Crippen LogP contribution in [-0.2, 0) is 6.54 Å². The minimum absolute atomic E-state index is 0.837. The van der Waals surface area contributed by atoms with E-state index in [2.05, 4.69) is 28.3 Å². The van der Waals surface area contributed by atoms with Crippen LogP contribution in [0.15, 0.2) is 24.4 Å². The molecule has 2 heterocycles. The molecule has 0 aliphatic carbocycles. The van der Waals surface area contributed by atoms with Crippen molar-refractivity contribution in [2.24, 2.45) is 5.92 Å². The van der Waals surface area contributed by atoms with E-state index in [0.717, 1.165) is 18.2 Å². The summed E-state index contributed by atoms with van der Waals surface area (Å²) in [4.78, 5) is 6.65. The molecule has 1 saturated heterocycles. The van der Waals surface area contributed by atoms with Gasteiger partial charge in [0.1, 0.15) is 0 Å². The molecular weight excluding hydrogens is 174 g/mol. The third-order valence-corrected chi connectivity index (χ3v) is 2.59. The van der Waals surface area contributed by atoms with Gasteiger partial charge in [0.05, 0.1) is 5.69 Å². The number of aromatic nitrogens is 1. The van der Waals surface area contributed by atoms with Crippen LogP contribution in [0.25, 0.3) is 0 Å². The summed E-state index contributed by atoms with van der Waals surface area (Å²) in [7, 11) is 2.16. The highest BCUT2D eigenvalue weighted by atomic mass is 15.1. The minimum atomic E-state index is 0.837. The third-order valence-electron chi connectivity index (χ3n) is 2.59. The first-order valence-corrected chi connectivity index (χ1v) is 5.14. The van der Waals surface area contributed by atoms with E-state index in [4.69, 9.17) is 0 Å². The van der Waals surface area contributed by atoms with E-state index in [9.17, 15) is 0 Å². The van der Waals surface area contributed by atoms with Crippen molar-refractivity contribution >= 4 is 0 Å². The van der Waals surface area contributed by atoms with E-state index in [0.29, 0.717) is 0 Å². The number of pyridine rings is 1. The smallest absolute Gasteiger partial charge is 0.0543 e. The van der Waals surface area contributed by atoms with Crippen molar-refractivity contribution < 1.29 is 0 Å². The predicted molar refractivity (Wildman–Crippen MR) is 56.9 cm³/mol. The zero-order valence-corrected chi connectivity index (χ0v) is 8.61. The molecule has 1 aromatic rings. The standard InChI is InChI=1S/C11H17N3/c1-14(8-10-6-12-7-10)9-11-4-2-3-5-13-11/h2-5,10,12H,6-9H2,1H3. The third kappa shape index (κ3) is 2.53. The molecule has 3 heteroatoms. The minimum Gasteiger partial charge on any atom is -0.316 e. The fourth-order valence-corrected chi connectivity index (χ4v) is 1.75. The quantitative estimate of drug-likeness (QED) is 0.760. The molecule has 14 heavy (non-hydrogen) atoms. The molecule has 0 radical (unpaired) electrons. The maximum absolute atomic E-state index is 4.31. The number of nitrogens with one attached hydrogen (secondary N) is 1. The summed E-state index contributed by atoms with van der Waals surface area (Å²) in [6.07, 6.45) is 1.86. The highest BCUT2D eigenvalue weighted by molar-refractivity contribution is 5.03. The maximum atomic E-state index is 4.31.